The van der Waals surface area contributed by atoms with Crippen molar-refractivity contribution in [1.82, 2.24) is 10.6 Å². The van der Waals surface area contributed by atoms with Gasteiger partial charge in [0, 0.05) is 18.4 Å². The summed E-state index contributed by atoms with van der Waals surface area (Å²) < 4.78 is 0. The van der Waals surface area contributed by atoms with Crippen LogP contribution >= 0.6 is 0 Å². The summed E-state index contributed by atoms with van der Waals surface area (Å²) >= 11 is 0. The maximum atomic E-state index is 12.2. The van der Waals surface area contributed by atoms with Gasteiger partial charge in [-0.25, -0.2) is 0 Å². The average molecular weight is 338 g/mol. The maximum absolute atomic E-state index is 12.2. The molecule has 0 unspecified atom stereocenters. The second kappa shape index (κ2) is 9.04. The van der Waals surface area contributed by atoms with Gasteiger partial charge in [0.1, 0.15) is 6.04 Å². The Balaban J connectivity index is 1.67. The zero-order valence-electron chi connectivity index (χ0n) is 14.6. The minimum Gasteiger partial charge on any atom is -0.480 e. The van der Waals surface area contributed by atoms with Gasteiger partial charge in [0.2, 0.25) is 11.8 Å². The number of carbonyl (C=O) groups is 3. The molecular formula is C18H30N2O4. The zero-order valence-corrected chi connectivity index (χ0v) is 14.6. The molecule has 3 N–H and O–H groups in total. The van der Waals surface area contributed by atoms with Gasteiger partial charge < -0.3 is 15.7 Å². The zero-order chi connectivity index (χ0) is 17.5. The quantitative estimate of drug-likeness (QED) is 0.692. The largest absolute Gasteiger partial charge is 0.480 e. The minimum absolute atomic E-state index is 0.140. The number of carboxylic acid groups (broad SMARTS) is 1. The third-order valence-corrected chi connectivity index (χ3v) is 5.39. The Morgan fingerprint density at radius 2 is 1.62 bits per heavy atom. The predicted octanol–water partition coefficient (Wildman–Crippen LogP) is 2.22. The number of hydrogen-bond acceptors (Lipinski definition) is 3. The van der Waals surface area contributed by atoms with E-state index in [-0.39, 0.29) is 23.8 Å². The summed E-state index contributed by atoms with van der Waals surface area (Å²) in [6, 6.07) is -0.701. The summed E-state index contributed by atoms with van der Waals surface area (Å²) in [6.07, 6.45) is 9.73. The highest BCUT2D eigenvalue weighted by Crippen LogP contribution is 2.27. The molecule has 2 saturated carbocycles. The lowest BCUT2D eigenvalue weighted by Gasteiger charge is -2.29. The van der Waals surface area contributed by atoms with Gasteiger partial charge in [-0.15, -0.1) is 0 Å². The topological polar surface area (TPSA) is 95.5 Å². The first-order chi connectivity index (χ1) is 11.5. The molecule has 24 heavy (non-hydrogen) atoms. The Morgan fingerprint density at radius 1 is 1.00 bits per heavy atom. The summed E-state index contributed by atoms with van der Waals surface area (Å²) in [7, 11) is 0. The number of hydrogen-bond donors (Lipinski definition) is 3. The predicted molar refractivity (Wildman–Crippen MR) is 90.3 cm³/mol. The second-order valence-corrected chi connectivity index (χ2v) is 7.39. The summed E-state index contributed by atoms with van der Waals surface area (Å²) in [5.41, 5.74) is 0. The molecule has 0 bridgehead atoms. The number of aliphatic carboxylic acids is 1. The van der Waals surface area contributed by atoms with E-state index in [0.717, 1.165) is 12.8 Å². The number of rotatable bonds is 6. The molecular weight excluding hydrogens is 308 g/mol. The van der Waals surface area contributed by atoms with Crippen LogP contribution in [0.25, 0.3) is 0 Å². The van der Waals surface area contributed by atoms with Crippen molar-refractivity contribution < 1.29 is 19.5 Å². The van der Waals surface area contributed by atoms with Crippen molar-refractivity contribution in [3.05, 3.63) is 0 Å². The molecule has 2 aliphatic carbocycles. The average Bonchev–Trinajstić information content (AvgIpc) is 2.56. The van der Waals surface area contributed by atoms with Crippen molar-refractivity contribution in [2.24, 2.45) is 11.8 Å². The highest BCUT2D eigenvalue weighted by molar-refractivity contribution is 5.84. The van der Waals surface area contributed by atoms with Crippen LogP contribution in [0, 0.1) is 11.8 Å². The van der Waals surface area contributed by atoms with Crippen LogP contribution in [0.1, 0.15) is 71.1 Å². The molecule has 0 heterocycles. The van der Waals surface area contributed by atoms with Crippen molar-refractivity contribution >= 4 is 17.8 Å². The molecule has 2 rings (SSSR count). The van der Waals surface area contributed by atoms with Gasteiger partial charge in [0.15, 0.2) is 0 Å². The molecule has 1 atom stereocenters. The van der Waals surface area contributed by atoms with Gasteiger partial charge >= 0.3 is 5.97 Å². The molecule has 0 aromatic rings. The standard InChI is InChI=1S/C18H30N2O4/c1-12(18(23)24)19-17(22)14-7-9-15(10-8-14)20-16(21)11-13-5-3-2-4-6-13/h12-15H,2-11H2,1H3,(H,19,22)(H,20,21)(H,23,24)/t12-,14?,15?/m1/s1. The first-order valence-electron chi connectivity index (χ1n) is 9.28. The summed E-state index contributed by atoms with van der Waals surface area (Å²) in [4.78, 5) is 35.0. The van der Waals surface area contributed by atoms with Gasteiger partial charge in [-0.3, -0.25) is 14.4 Å². The van der Waals surface area contributed by atoms with Crippen LogP contribution in [0.15, 0.2) is 0 Å². The van der Waals surface area contributed by atoms with E-state index >= 15 is 0 Å². The Morgan fingerprint density at radius 3 is 2.21 bits per heavy atom. The number of carboxylic acids is 1. The fraction of sp³-hybridized carbons (Fsp3) is 0.833. The smallest absolute Gasteiger partial charge is 0.325 e. The lowest BCUT2D eigenvalue weighted by atomic mass is 9.84. The molecule has 2 aliphatic rings. The molecule has 6 nitrogen and oxygen atoms in total. The highest BCUT2D eigenvalue weighted by Gasteiger charge is 2.29. The maximum Gasteiger partial charge on any atom is 0.325 e. The second-order valence-electron chi connectivity index (χ2n) is 7.39. The highest BCUT2D eigenvalue weighted by atomic mass is 16.4. The Kier molecular flexibility index (Phi) is 7.06. The number of carbonyl (C=O) groups excluding carboxylic acids is 2. The van der Waals surface area contributed by atoms with Crippen molar-refractivity contribution in [3.63, 3.8) is 0 Å². The molecule has 136 valence electrons. The fourth-order valence-corrected chi connectivity index (χ4v) is 3.83. The fourth-order valence-electron chi connectivity index (χ4n) is 3.83. The van der Waals surface area contributed by atoms with E-state index in [1.54, 1.807) is 0 Å². The molecule has 2 fully saturated rings. The first-order valence-corrected chi connectivity index (χ1v) is 9.28. The van der Waals surface area contributed by atoms with E-state index < -0.39 is 12.0 Å². The molecule has 0 radical (unpaired) electrons. The van der Waals surface area contributed by atoms with Gasteiger partial charge in [0.25, 0.3) is 0 Å². The minimum atomic E-state index is -1.02. The number of nitrogens with one attached hydrogen (secondary N) is 2. The third kappa shape index (κ3) is 5.80. The Hall–Kier alpha value is -1.59. The van der Waals surface area contributed by atoms with Crippen LogP contribution in [0.5, 0.6) is 0 Å². The van der Waals surface area contributed by atoms with Crippen LogP contribution in [0.3, 0.4) is 0 Å². The molecule has 6 heteroatoms. The lowest BCUT2D eigenvalue weighted by Crippen LogP contribution is -2.45. The van der Waals surface area contributed by atoms with Crippen molar-refractivity contribution in [3.8, 4) is 0 Å². The molecule has 0 saturated heterocycles. The third-order valence-electron chi connectivity index (χ3n) is 5.39. The van der Waals surface area contributed by atoms with E-state index in [9.17, 15) is 14.4 Å². The van der Waals surface area contributed by atoms with Crippen LogP contribution in [-0.4, -0.2) is 35.0 Å². The van der Waals surface area contributed by atoms with E-state index in [4.69, 9.17) is 5.11 Å². The van der Waals surface area contributed by atoms with Gasteiger partial charge in [-0.2, -0.15) is 0 Å². The summed E-state index contributed by atoms with van der Waals surface area (Å²) in [5.74, 6) is -0.658. The van der Waals surface area contributed by atoms with E-state index in [1.807, 2.05) is 0 Å². The van der Waals surface area contributed by atoms with Gasteiger partial charge in [0.05, 0.1) is 0 Å². The lowest BCUT2D eigenvalue weighted by molar-refractivity contribution is -0.142. The molecule has 0 spiro atoms. The van der Waals surface area contributed by atoms with Crippen molar-refractivity contribution in [2.45, 2.75) is 83.2 Å². The SMILES string of the molecule is C[C@@H](NC(=O)C1CCC(NC(=O)CC2CCCCC2)CC1)C(=O)O. The molecule has 0 aliphatic heterocycles. The normalized spacial score (nSPS) is 26.4. The Bertz CT molecular complexity index is 452. The molecule has 2 amide bonds. The van der Waals surface area contributed by atoms with Crippen LogP contribution in [0.2, 0.25) is 0 Å². The van der Waals surface area contributed by atoms with Crippen LogP contribution < -0.4 is 10.6 Å². The van der Waals surface area contributed by atoms with Gasteiger partial charge in [-0.05, 0) is 51.4 Å². The Labute approximate surface area is 143 Å². The molecule has 0 aromatic heterocycles. The van der Waals surface area contributed by atoms with E-state index in [0.29, 0.717) is 25.2 Å². The summed E-state index contributed by atoms with van der Waals surface area (Å²) in [6.45, 7) is 1.47. The van der Waals surface area contributed by atoms with Crippen molar-refractivity contribution in [2.75, 3.05) is 0 Å². The monoisotopic (exact) mass is 338 g/mol. The van der Waals surface area contributed by atoms with Gasteiger partial charge in [-0.1, -0.05) is 19.3 Å². The van der Waals surface area contributed by atoms with Crippen molar-refractivity contribution in [1.29, 1.82) is 0 Å². The van der Waals surface area contributed by atoms with E-state index in [2.05, 4.69) is 10.6 Å². The van der Waals surface area contributed by atoms with Crippen LogP contribution in [0.4, 0.5) is 0 Å². The first kappa shape index (κ1) is 18.7. The molecule has 0 aromatic carbocycles. The van der Waals surface area contributed by atoms with E-state index in [1.165, 1.54) is 39.0 Å². The van der Waals surface area contributed by atoms with Crippen LogP contribution in [-0.2, 0) is 14.4 Å². The number of amides is 2. The summed E-state index contributed by atoms with van der Waals surface area (Å²) in [5, 5.41) is 14.5.